The second kappa shape index (κ2) is 9.06. The Hall–Kier alpha value is -3.29. The number of nitrogens with zero attached hydrogens (tertiary/aromatic N) is 2. The van der Waals surface area contributed by atoms with Crippen LogP contribution in [0.5, 0.6) is 11.5 Å². The highest BCUT2D eigenvalue weighted by molar-refractivity contribution is 8.14. The third kappa shape index (κ3) is 4.64. The first-order chi connectivity index (χ1) is 15.6. The summed E-state index contributed by atoms with van der Waals surface area (Å²) in [6.07, 6.45) is 0.511. The van der Waals surface area contributed by atoms with Gasteiger partial charge in [-0.3, -0.25) is 9.79 Å². The number of benzene rings is 3. The third-order valence-electron chi connectivity index (χ3n) is 4.89. The number of amides is 1. The predicted octanol–water partition coefficient (Wildman–Crippen LogP) is 6.00. The number of fused-ring (bicyclic) bond motifs is 2. The number of ether oxygens (including phenoxy) is 2. The summed E-state index contributed by atoms with van der Waals surface area (Å²) in [6, 6.07) is 20.7. The molecule has 6 nitrogen and oxygen atoms in total. The zero-order chi connectivity index (χ0) is 21.9. The van der Waals surface area contributed by atoms with Crippen LogP contribution in [-0.2, 0) is 4.79 Å². The molecule has 3 aromatic rings. The predicted molar refractivity (Wildman–Crippen MR) is 129 cm³/mol. The molecule has 0 bridgehead atoms. The van der Waals surface area contributed by atoms with Crippen molar-refractivity contribution in [3.63, 3.8) is 0 Å². The Kier molecular flexibility index (Phi) is 5.83. The largest absolute Gasteiger partial charge is 0.454 e. The lowest BCUT2D eigenvalue weighted by molar-refractivity contribution is -0.113. The monoisotopic (exact) mass is 463 g/mol. The highest BCUT2D eigenvalue weighted by Crippen LogP contribution is 2.35. The molecule has 0 aromatic heterocycles. The van der Waals surface area contributed by atoms with Crippen molar-refractivity contribution in [2.45, 2.75) is 6.42 Å². The van der Waals surface area contributed by atoms with Crippen LogP contribution < -0.4 is 14.8 Å². The molecule has 2 aliphatic rings. The zero-order valence-corrected chi connectivity index (χ0v) is 18.4. The number of carbonyl (C=O) groups is 1. The highest BCUT2D eigenvalue weighted by atomic mass is 35.5. The Labute approximate surface area is 194 Å². The summed E-state index contributed by atoms with van der Waals surface area (Å²) in [5, 5.41) is 4.36. The Balaban J connectivity index is 1.32. The van der Waals surface area contributed by atoms with Crippen molar-refractivity contribution >= 4 is 57.1 Å². The maximum atomic E-state index is 12.6. The van der Waals surface area contributed by atoms with Crippen molar-refractivity contribution in [2.75, 3.05) is 17.9 Å². The fourth-order valence-electron chi connectivity index (χ4n) is 3.39. The number of halogens is 1. The van der Waals surface area contributed by atoms with E-state index in [1.165, 1.54) is 11.8 Å². The summed E-state index contributed by atoms with van der Waals surface area (Å²) in [4.78, 5) is 22.2. The van der Waals surface area contributed by atoms with E-state index in [1.54, 1.807) is 18.2 Å². The van der Waals surface area contributed by atoms with Crippen LogP contribution in [-0.4, -0.2) is 29.2 Å². The van der Waals surface area contributed by atoms with Gasteiger partial charge in [0.25, 0.3) is 0 Å². The SMILES string of the molecule is O=C(CSC1=Nc2ccccc2N=C(c2cccc(Cl)c2)C1)Nc1ccc2c(c1)OCO2. The van der Waals surface area contributed by atoms with E-state index < -0.39 is 0 Å². The van der Waals surface area contributed by atoms with E-state index in [0.717, 1.165) is 27.7 Å². The van der Waals surface area contributed by atoms with Crippen LogP contribution in [0.3, 0.4) is 0 Å². The smallest absolute Gasteiger partial charge is 0.234 e. The molecular weight excluding hydrogens is 446 g/mol. The van der Waals surface area contributed by atoms with Gasteiger partial charge < -0.3 is 14.8 Å². The van der Waals surface area contributed by atoms with Crippen LogP contribution in [0, 0.1) is 0 Å². The number of aliphatic imine (C=N–C) groups is 2. The van der Waals surface area contributed by atoms with E-state index >= 15 is 0 Å². The summed E-state index contributed by atoms with van der Waals surface area (Å²) in [5.74, 6) is 1.40. The minimum Gasteiger partial charge on any atom is -0.454 e. The molecule has 0 radical (unpaired) electrons. The standard InChI is InChI=1S/C24H18ClN3O3S/c25-16-5-3-4-15(10-16)20-12-24(28-19-7-2-1-6-18(19)27-20)32-13-23(29)26-17-8-9-21-22(11-17)31-14-30-21/h1-11H,12-14H2,(H,26,29). The van der Waals surface area contributed by atoms with Crippen LogP contribution in [0.4, 0.5) is 17.1 Å². The van der Waals surface area contributed by atoms with Crippen molar-refractivity contribution in [1.29, 1.82) is 0 Å². The molecule has 32 heavy (non-hydrogen) atoms. The van der Waals surface area contributed by atoms with Crippen molar-refractivity contribution < 1.29 is 14.3 Å². The first-order valence-electron chi connectivity index (χ1n) is 9.96. The number of carbonyl (C=O) groups excluding carboxylic acids is 1. The number of para-hydroxylation sites is 2. The Bertz CT molecular complexity index is 1260. The molecule has 0 atom stereocenters. The van der Waals surface area contributed by atoms with Gasteiger partial charge in [0.2, 0.25) is 12.7 Å². The maximum absolute atomic E-state index is 12.6. The van der Waals surface area contributed by atoms with E-state index in [0.29, 0.717) is 28.6 Å². The molecule has 160 valence electrons. The fraction of sp³-hybridized carbons (Fsp3) is 0.125. The van der Waals surface area contributed by atoms with E-state index in [1.807, 2.05) is 48.5 Å². The molecule has 0 fully saturated rings. The molecule has 2 heterocycles. The molecule has 5 rings (SSSR count). The van der Waals surface area contributed by atoms with Crippen LogP contribution in [0.25, 0.3) is 0 Å². The topological polar surface area (TPSA) is 72.3 Å². The molecule has 0 spiro atoms. The minimum absolute atomic E-state index is 0.129. The van der Waals surface area contributed by atoms with Gasteiger partial charge in [-0.2, -0.15) is 0 Å². The Morgan fingerprint density at radius 3 is 2.62 bits per heavy atom. The van der Waals surface area contributed by atoms with Gasteiger partial charge in [-0.15, -0.1) is 11.8 Å². The summed E-state index contributed by atoms with van der Waals surface area (Å²) in [7, 11) is 0. The van der Waals surface area contributed by atoms with Gasteiger partial charge in [0.15, 0.2) is 11.5 Å². The quantitative estimate of drug-likeness (QED) is 0.515. The molecular formula is C24H18ClN3O3S. The van der Waals surface area contributed by atoms with Crippen molar-refractivity contribution in [3.8, 4) is 11.5 Å². The maximum Gasteiger partial charge on any atom is 0.234 e. The van der Waals surface area contributed by atoms with Gasteiger partial charge >= 0.3 is 0 Å². The number of hydrogen-bond donors (Lipinski definition) is 1. The Morgan fingerprint density at radius 2 is 1.78 bits per heavy atom. The van der Waals surface area contributed by atoms with Crippen LogP contribution >= 0.6 is 23.4 Å². The summed E-state index contributed by atoms with van der Waals surface area (Å²) < 4.78 is 10.7. The summed E-state index contributed by atoms with van der Waals surface area (Å²) in [6.45, 7) is 0.195. The van der Waals surface area contributed by atoms with E-state index in [9.17, 15) is 4.79 Å². The van der Waals surface area contributed by atoms with E-state index in [2.05, 4.69) is 5.32 Å². The first kappa shape index (κ1) is 20.6. The highest BCUT2D eigenvalue weighted by Gasteiger charge is 2.18. The van der Waals surface area contributed by atoms with Gasteiger partial charge in [0.05, 0.1) is 27.9 Å². The van der Waals surface area contributed by atoms with Crippen molar-refractivity contribution in [1.82, 2.24) is 0 Å². The van der Waals surface area contributed by atoms with Crippen molar-refractivity contribution in [3.05, 3.63) is 77.3 Å². The van der Waals surface area contributed by atoms with Gasteiger partial charge in [-0.05, 0) is 42.0 Å². The molecule has 1 N–H and O–H groups in total. The summed E-state index contributed by atoms with van der Waals surface area (Å²) in [5.41, 5.74) is 4.03. The van der Waals surface area contributed by atoms with E-state index in [4.69, 9.17) is 31.1 Å². The van der Waals surface area contributed by atoms with Crippen LogP contribution in [0.1, 0.15) is 12.0 Å². The summed E-state index contributed by atoms with van der Waals surface area (Å²) >= 11 is 7.59. The number of hydrogen-bond acceptors (Lipinski definition) is 6. The Morgan fingerprint density at radius 1 is 0.969 bits per heavy atom. The van der Waals surface area contributed by atoms with Crippen LogP contribution in [0.15, 0.2) is 76.7 Å². The molecule has 0 saturated heterocycles. The normalized spacial score (nSPS) is 14.2. The lowest BCUT2D eigenvalue weighted by Gasteiger charge is -2.09. The molecule has 0 unspecified atom stereocenters. The third-order valence-corrected chi connectivity index (χ3v) is 6.10. The zero-order valence-electron chi connectivity index (χ0n) is 16.9. The van der Waals surface area contributed by atoms with Gasteiger partial charge in [-0.25, -0.2) is 4.99 Å². The van der Waals surface area contributed by atoms with Gasteiger partial charge in [0, 0.05) is 23.2 Å². The molecule has 0 aliphatic carbocycles. The fourth-order valence-corrected chi connectivity index (χ4v) is 4.36. The molecule has 0 saturated carbocycles. The van der Waals surface area contributed by atoms with Gasteiger partial charge in [-0.1, -0.05) is 35.9 Å². The molecule has 2 aliphatic heterocycles. The number of thioether (sulfide) groups is 1. The molecule has 8 heteroatoms. The lowest BCUT2D eigenvalue weighted by Crippen LogP contribution is -2.16. The number of nitrogens with one attached hydrogen (secondary N) is 1. The van der Waals surface area contributed by atoms with E-state index in [-0.39, 0.29) is 18.5 Å². The van der Waals surface area contributed by atoms with Crippen LogP contribution in [0.2, 0.25) is 5.02 Å². The first-order valence-corrected chi connectivity index (χ1v) is 11.3. The number of anilines is 1. The number of rotatable bonds is 4. The lowest BCUT2D eigenvalue weighted by atomic mass is 10.1. The van der Waals surface area contributed by atoms with Crippen molar-refractivity contribution in [2.24, 2.45) is 9.98 Å². The molecule has 1 amide bonds. The average Bonchev–Trinajstić information content (AvgIpc) is 3.17. The second-order valence-corrected chi connectivity index (χ2v) is 8.63. The van der Waals surface area contributed by atoms with Gasteiger partial charge in [0.1, 0.15) is 0 Å². The average molecular weight is 464 g/mol. The second-order valence-electron chi connectivity index (χ2n) is 7.14. The molecule has 3 aromatic carbocycles. The minimum atomic E-state index is -0.129.